The molecule has 0 bridgehead atoms. The van der Waals surface area contributed by atoms with Crippen LogP contribution in [0.5, 0.6) is 5.88 Å². The Hall–Kier alpha value is -3.24. The maximum absolute atomic E-state index is 13.8. The summed E-state index contributed by atoms with van der Waals surface area (Å²) in [6, 6.07) is 9.24. The third kappa shape index (κ3) is 5.86. The second-order valence-corrected chi connectivity index (χ2v) is 11.9. The number of hydrogen-bond donors (Lipinski definition) is 1. The summed E-state index contributed by atoms with van der Waals surface area (Å²) in [4.78, 5) is 36.5. The fraction of sp³-hybridized carbons (Fsp3) is 0.517. The van der Waals surface area contributed by atoms with Crippen LogP contribution < -0.4 is 10.1 Å². The second kappa shape index (κ2) is 11.5. The predicted molar refractivity (Wildman–Crippen MR) is 150 cm³/mol. The molecule has 3 aromatic rings. The van der Waals surface area contributed by atoms with Crippen molar-refractivity contribution >= 4 is 23.2 Å². The molecule has 0 spiro atoms. The van der Waals surface area contributed by atoms with Gasteiger partial charge in [-0.05, 0) is 55.9 Å². The summed E-state index contributed by atoms with van der Waals surface area (Å²) in [5.74, 6) is 0.0834. The predicted octanol–water partition coefficient (Wildman–Crippen LogP) is 4.41. The number of thiazole rings is 1. The number of rotatable bonds is 9. The van der Waals surface area contributed by atoms with Gasteiger partial charge in [0.25, 0.3) is 5.88 Å². The third-order valence-electron chi connectivity index (χ3n) is 7.68. The molecule has 5 rings (SSSR count). The highest BCUT2D eigenvalue weighted by Crippen LogP contribution is 2.33. The lowest BCUT2D eigenvalue weighted by atomic mass is 9.91. The van der Waals surface area contributed by atoms with E-state index in [1.807, 2.05) is 52.4 Å². The molecule has 9 nitrogen and oxygen atoms in total. The smallest absolute Gasteiger partial charge is 0.254 e. The minimum Gasteiger partial charge on any atom is -0.469 e. The molecule has 2 aliphatic rings. The number of carbonyl (C=O) groups excluding carboxylic acids is 2. The van der Waals surface area contributed by atoms with Crippen molar-refractivity contribution in [3.63, 3.8) is 0 Å². The molecule has 1 aromatic carbocycles. The second-order valence-electron chi connectivity index (χ2n) is 11.1. The fourth-order valence-electron chi connectivity index (χ4n) is 5.47. The third-order valence-corrected chi connectivity index (χ3v) is 8.66. The molecule has 2 aliphatic heterocycles. The summed E-state index contributed by atoms with van der Waals surface area (Å²) < 4.78 is 11.5. The molecule has 0 saturated carbocycles. The van der Waals surface area contributed by atoms with Crippen molar-refractivity contribution in [2.75, 3.05) is 26.7 Å². The first-order chi connectivity index (χ1) is 18.7. The topological polar surface area (TPSA) is 101 Å². The number of nitrogens with zero attached hydrogens (tertiary/aromatic N) is 4. The van der Waals surface area contributed by atoms with Gasteiger partial charge < -0.3 is 19.5 Å². The van der Waals surface area contributed by atoms with E-state index in [0.29, 0.717) is 24.6 Å². The highest BCUT2D eigenvalue weighted by Gasteiger charge is 2.40. The first-order valence-corrected chi connectivity index (χ1v) is 14.5. The molecular formula is C29H37N5O4S. The molecule has 0 aliphatic carbocycles. The number of aromatic nitrogens is 2. The van der Waals surface area contributed by atoms with Crippen LogP contribution in [-0.4, -0.2) is 70.6 Å². The van der Waals surface area contributed by atoms with Gasteiger partial charge in [-0.1, -0.05) is 38.1 Å². The van der Waals surface area contributed by atoms with Crippen molar-refractivity contribution in [3.05, 3.63) is 52.9 Å². The lowest BCUT2D eigenvalue weighted by Gasteiger charge is -2.35. The maximum Gasteiger partial charge on any atom is 0.254 e. The molecule has 2 amide bonds. The molecule has 0 radical (unpaired) electrons. The first-order valence-electron chi connectivity index (χ1n) is 13.6. The maximum atomic E-state index is 13.8. The zero-order valence-electron chi connectivity index (χ0n) is 23.2. The molecule has 4 heterocycles. The lowest BCUT2D eigenvalue weighted by Crippen LogP contribution is -2.51. The van der Waals surface area contributed by atoms with Gasteiger partial charge in [-0.2, -0.15) is 0 Å². The van der Waals surface area contributed by atoms with Crippen molar-refractivity contribution in [2.24, 2.45) is 5.92 Å². The zero-order chi connectivity index (χ0) is 27.7. The number of carbonyl (C=O) groups is 2. The van der Waals surface area contributed by atoms with E-state index >= 15 is 0 Å². The van der Waals surface area contributed by atoms with Crippen LogP contribution in [0.1, 0.15) is 62.6 Å². The molecule has 39 heavy (non-hydrogen) atoms. The van der Waals surface area contributed by atoms with Gasteiger partial charge in [-0.3, -0.25) is 14.5 Å². The van der Waals surface area contributed by atoms with Crippen molar-refractivity contribution in [2.45, 2.75) is 64.6 Å². The van der Waals surface area contributed by atoms with Gasteiger partial charge in [-0.15, -0.1) is 11.3 Å². The summed E-state index contributed by atoms with van der Waals surface area (Å²) in [5, 5.41) is 7.20. The number of likely N-dealkylation sites (N-methyl/N-ethyl adjacent to an activating group) is 1. The molecule has 2 aromatic heterocycles. The Balaban J connectivity index is 1.23. The van der Waals surface area contributed by atoms with Crippen LogP contribution in [0, 0.1) is 12.8 Å². The van der Waals surface area contributed by atoms with Gasteiger partial charge >= 0.3 is 0 Å². The Morgan fingerprint density at radius 2 is 1.92 bits per heavy atom. The van der Waals surface area contributed by atoms with E-state index in [1.165, 1.54) is 0 Å². The van der Waals surface area contributed by atoms with Crippen LogP contribution >= 0.6 is 11.3 Å². The van der Waals surface area contributed by atoms with Crippen LogP contribution in [0.3, 0.4) is 0 Å². The summed E-state index contributed by atoms with van der Waals surface area (Å²) in [6.07, 6.45) is 1.51. The van der Waals surface area contributed by atoms with Gasteiger partial charge in [0.05, 0.1) is 22.1 Å². The summed E-state index contributed by atoms with van der Waals surface area (Å²) in [5.41, 5.74) is 4.99. The number of benzene rings is 1. The minimum absolute atomic E-state index is 0.0305. The quantitative estimate of drug-likeness (QED) is 0.421. The molecule has 2 fully saturated rings. The number of likely N-dealkylation sites (tertiary alicyclic amines) is 2. The van der Waals surface area contributed by atoms with Crippen molar-refractivity contribution in [1.82, 2.24) is 25.3 Å². The van der Waals surface area contributed by atoms with Crippen molar-refractivity contribution in [1.29, 1.82) is 0 Å². The van der Waals surface area contributed by atoms with Gasteiger partial charge in [-0.25, -0.2) is 4.98 Å². The Morgan fingerprint density at radius 1 is 1.18 bits per heavy atom. The van der Waals surface area contributed by atoms with Gasteiger partial charge in [0, 0.05) is 25.7 Å². The van der Waals surface area contributed by atoms with Crippen molar-refractivity contribution in [3.8, 4) is 16.3 Å². The van der Waals surface area contributed by atoms with E-state index in [9.17, 15) is 9.59 Å². The van der Waals surface area contributed by atoms with E-state index in [4.69, 9.17) is 9.26 Å². The van der Waals surface area contributed by atoms with Gasteiger partial charge in [0.15, 0.2) is 5.76 Å². The van der Waals surface area contributed by atoms with E-state index in [2.05, 4.69) is 32.5 Å². The molecule has 3 atom stereocenters. The molecule has 1 N–H and O–H groups in total. The summed E-state index contributed by atoms with van der Waals surface area (Å²) in [7, 11) is 2.03. The van der Waals surface area contributed by atoms with E-state index in [-0.39, 0.29) is 29.9 Å². The van der Waals surface area contributed by atoms with Crippen LogP contribution in [0.25, 0.3) is 10.4 Å². The molecular weight excluding hydrogens is 514 g/mol. The SMILES string of the molecule is Cc1ncsc1-c1ccc(C(C)NC(=O)C2CCCN2C(=O)C(c2cc(OC3CN(C)C3)no2)C(C)C)cc1. The Bertz CT molecular complexity index is 1300. The van der Waals surface area contributed by atoms with Gasteiger partial charge in [0.1, 0.15) is 18.1 Å². The lowest BCUT2D eigenvalue weighted by molar-refractivity contribution is -0.141. The molecule has 2 saturated heterocycles. The Morgan fingerprint density at radius 3 is 2.56 bits per heavy atom. The molecule has 208 valence electrons. The zero-order valence-corrected chi connectivity index (χ0v) is 24.0. The van der Waals surface area contributed by atoms with Crippen LogP contribution in [0.4, 0.5) is 0 Å². The number of aryl methyl sites for hydroxylation is 1. The van der Waals surface area contributed by atoms with E-state index in [0.717, 1.165) is 41.2 Å². The molecule has 3 unspecified atom stereocenters. The van der Waals surface area contributed by atoms with E-state index < -0.39 is 12.0 Å². The number of hydrogen-bond acceptors (Lipinski definition) is 8. The highest BCUT2D eigenvalue weighted by molar-refractivity contribution is 7.13. The largest absolute Gasteiger partial charge is 0.469 e. The summed E-state index contributed by atoms with van der Waals surface area (Å²) in [6.45, 7) is 10.2. The highest BCUT2D eigenvalue weighted by atomic mass is 32.1. The summed E-state index contributed by atoms with van der Waals surface area (Å²) >= 11 is 1.62. The van der Waals surface area contributed by atoms with Crippen LogP contribution in [0.15, 0.2) is 40.4 Å². The average molecular weight is 552 g/mol. The average Bonchev–Trinajstić information content (AvgIpc) is 3.64. The Labute approximate surface area is 233 Å². The number of amides is 2. The van der Waals surface area contributed by atoms with Crippen LogP contribution in [0.2, 0.25) is 0 Å². The molecule has 10 heteroatoms. The van der Waals surface area contributed by atoms with Crippen LogP contribution in [-0.2, 0) is 9.59 Å². The number of nitrogens with one attached hydrogen (secondary N) is 1. The number of ether oxygens (including phenoxy) is 1. The Kier molecular flexibility index (Phi) is 8.04. The fourth-order valence-corrected chi connectivity index (χ4v) is 6.29. The monoisotopic (exact) mass is 551 g/mol. The van der Waals surface area contributed by atoms with Gasteiger partial charge in [0.2, 0.25) is 11.8 Å². The first kappa shape index (κ1) is 27.3. The van der Waals surface area contributed by atoms with E-state index in [1.54, 1.807) is 22.3 Å². The normalized spacial score (nSPS) is 19.6. The minimum atomic E-state index is -0.535. The van der Waals surface area contributed by atoms with Crippen molar-refractivity contribution < 1.29 is 18.8 Å². The standard InChI is InChI=1S/C29H37N5O4S/c1-17(2)26(24-13-25(32-38-24)37-22-14-33(5)15-22)29(36)34-12-6-7-23(34)28(35)31-18(3)20-8-10-21(11-9-20)27-19(4)30-16-39-27/h8-11,13,16-18,22-23,26H,6-7,12,14-15H2,1-5H3,(H,31,35).